The van der Waals surface area contributed by atoms with Crippen molar-refractivity contribution in [3.63, 3.8) is 0 Å². The summed E-state index contributed by atoms with van der Waals surface area (Å²) in [4.78, 5) is 16.2. The molecule has 0 aliphatic heterocycles. The summed E-state index contributed by atoms with van der Waals surface area (Å²) in [6, 6.07) is 17.2. The highest BCUT2D eigenvalue weighted by atomic mass is 16.5. The second kappa shape index (κ2) is 8.57. The second-order valence-electron chi connectivity index (χ2n) is 6.39. The van der Waals surface area contributed by atoms with Crippen molar-refractivity contribution in [3.8, 4) is 11.4 Å². The average Bonchev–Trinajstić information content (AvgIpc) is 3.00. The zero-order valence-corrected chi connectivity index (χ0v) is 16.6. The molecule has 5 nitrogen and oxygen atoms in total. The molecule has 0 amide bonds. The average molecular weight is 376 g/mol. The number of ether oxygens (including phenoxy) is 2. The second-order valence-corrected chi connectivity index (χ2v) is 6.39. The first-order chi connectivity index (χ1) is 13.5. The molecule has 2 aromatic carbocycles. The van der Waals surface area contributed by atoms with Crippen LogP contribution in [0.5, 0.6) is 5.75 Å². The number of hydrogen-bond donors (Lipinski definition) is 0. The number of rotatable bonds is 6. The zero-order chi connectivity index (χ0) is 20.1. The highest BCUT2D eigenvalue weighted by molar-refractivity contribution is 5.89. The maximum atomic E-state index is 11.6. The van der Waals surface area contributed by atoms with Crippen molar-refractivity contribution in [2.45, 2.75) is 20.8 Å². The van der Waals surface area contributed by atoms with E-state index in [4.69, 9.17) is 9.47 Å². The summed E-state index contributed by atoms with van der Waals surface area (Å²) in [5, 5.41) is 0. The lowest BCUT2D eigenvalue weighted by Crippen LogP contribution is -2.03. The van der Waals surface area contributed by atoms with Gasteiger partial charge in [0.2, 0.25) is 0 Å². The van der Waals surface area contributed by atoms with Gasteiger partial charge in [-0.3, -0.25) is 4.99 Å². The SMILES string of the molecule is CCOc1cccc(N=Cc2cc(C)n(-c3ccc(C(=O)OC)cc3)c2C)c1. The number of aliphatic imine (C=N–C) groups is 1. The normalized spacial score (nSPS) is 11.0. The van der Waals surface area contributed by atoms with E-state index >= 15 is 0 Å². The van der Waals surface area contributed by atoms with E-state index < -0.39 is 0 Å². The molecule has 3 aromatic rings. The molecule has 0 saturated carbocycles. The van der Waals surface area contributed by atoms with Gasteiger partial charge in [-0.2, -0.15) is 0 Å². The number of benzene rings is 2. The first kappa shape index (κ1) is 19.4. The Morgan fingerprint density at radius 3 is 2.54 bits per heavy atom. The summed E-state index contributed by atoms with van der Waals surface area (Å²) in [7, 11) is 1.38. The number of carbonyl (C=O) groups excluding carboxylic acids is 1. The lowest BCUT2D eigenvalue weighted by molar-refractivity contribution is 0.0600. The minimum absolute atomic E-state index is 0.338. The molecule has 0 N–H and O–H groups in total. The number of esters is 1. The van der Waals surface area contributed by atoms with E-state index in [0.717, 1.165) is 34.1 Å². The molecular formula is C23H24N2O3. The minimum atomic E-state index is -0.338. The quantitative estimate of drug-likeness (QED) is 0.448. The maximum Gasteiger partial charge on any atom is 0.337 e. The van der Waals surface area contributed by atoms with Gasteiger partial charge in [0.15, 0.2) is 0 Å². The van der Waals surface area contributed by atoms with Crippen LogP contribution in [-0.2, 0) is 4.74 Å². The summed E-state index contributed by atoms with van der Waals surface area (Å²) in [5.74, 6) is 0.475. The molecule has 0 aliphatic rings. The van der Waals surface area contributed by atoms with Crippen LogP contribution < -0.4 is 4.74 Å². The van der Waals surface area contributed by atoms with E-state index in [1.165, 1.54) is 7.11 Å². The number of carbonyl (C=O) groups is 1. The van der Waals surface area contributed by atoms with E-state index in [0.29, 0.717) is 12.2 Å². The standard InChI is InChI=1S/C23H24N2O3/c1-5-28-22-8-6-7-20(14-22)24-15-19-13-16(2)25(17(19)3)21-11-9-18(10-12-21)23(26)27-4/h6-15H,5H2,1-4H3. The Hall–Kier alpha value is -3.34. The van der Waals surface area contributed by atoms with Crippen LogP contribution in [0.1, 0.15) is 34.2 Å². The van der Waals surface area contributed by atoms with Crippen LogP contribution in [0.3, 0.4) is 0 Å². The largest absolute Gasteiger partial charge is 0.494 e. The van der Waals surface area contributed by atoms with E-state index in [1.54, 1.807) is 12.1 Å². The van der Waals surface area contributed by atoms with Crippen LogP contribution in [0.2, 0.25) is 0 Å². The molecule has 0 radical (unpaired) electrons. The molecule has 1 aromatic heterocycles. The number of nitrogens with zero attached hydrogens (tertiary/aromatic N) is 2. The fraction of sp³-hybridized carbons (Fsp3) is 0.217. The molecule has 0 aliphatic carbocycles. The highest BCUT2D eigenvalue weighted by Crippen LogP contribution is 2.23. The monoisotopic (exact) mass is 376 g/mol. The Morgan fingerprint density at radius 2 is 1.86 bits per heavy atom. The van der Waals surface area contributed by atoms with E-state index in [1.807, 2.05) is 56.5 Å². The molecule has 144 valence electrons. The molecular weight excluding hydrogens is 352 g/mol. The molecule has 3 rings (SSSR count). The van der Waals surface area contributed by atoms with Crippen molar-refractivity contribution in [2.24, 2.45) is 4.99 Å². The number of aromatic nitrogens is 1. The van der Waals surface area contributed by atoms with Crippen LogP contribution in [0.15, 0.2) is 59.6 Å². The summed E-state index contributed by atoms with van der Waals surface area (Å²) < 4.78 is 12.4. The molecule has 28 heavy (non-hydrogen) atoms. The molecule has 0 atom stereocenters. The molecule has 1 heterocycles. The molecule has 0 saturated heterocycles. The van der Waals surface area contributed by atoms with Crippen molar-refractivity contribution in [1.29, 1.82) is 0 Å². The van der Waals surface area contributed by atoms with Gasteiger partial charge in [-0.1, -0.05) is 6.07 Å². The molecule has 0 fully saturated rings. The zero-order valence-electron chi connectivity index (χ0n) is 16.6. The van der Waals surface area contributed by atoms with Crippen molar-refractivity contribution < 1.29 is 14.3 Å². The molecule has 0 bridgehead atoms. The van der Waals surface area contributed by atoms with Crippen LogP contribution in [0, 0.1) is 13.8 Å². The summed E-state index contributed by atoms with van der Waals surface area (Å²) in [6.45, 7) is 6.69. The van der Waals surface area contributed by atoms with Gasteiger partial charge in [-0.25, -0.2) is 4.79 Å². The van der Waals surface area contributed by atoms with Gasteiger partial charge in [0.05, 0.1) is 25.0 Å². The topological polar surface area (TPSA) is 52.8 Å². The summed E-state index contributed by atoms with van der Waals surface area (Å²) in [6.07, 6.45) is 1.87. The Labute approximate surface area is 165 Å². The smallest absolute Gasteiger partial charge is 0.337 e. The van der Waals surface area contributed by atoms with E-state index in [9.17, 15) is 4.79 Å². The summed E-state index contributed by atoms with van der Waals surface area (Å²) >= 11 is 0. The Bertz CT molecular complexity index is 1000. The third-order valence-corrected chi connectivity index (χ3v) is 4.50. The van der Waals surface area contributed by atoms with Gasteiger partial charge in [-0.15, -0.1) is 0 Å². The van der Waals surface area contributed by atoms with E-state index in [-0.39, 0.29) is 5.97 Å². The molecule has 0 spiro atoms. The van der Waals surface area contributed by atoms with E-state index in [2.05, 4.69) is 22.5 Å². The Kier molecular flexibility index (Phi) is 5.94. The van der Waals surface area contributed by atoms with Crippen molar-refractivity contribution in [2.75, 3.05) is 13.7 Å². The van der Waals surface area contributed by atoms with Crippen LogP contribution in [0.25, 0.3) is 5.69 Å². The number of hydrogen-bond acceptors (Lipinski definition) is 4. The number of aryl methyl sites for hydroxylation is 1. The lowest BCUT2D eigenvalue weighted by Gasteiger charge is -2.10. The molecule has 0 unspecified atom stereocenters. The third kappa shape index (κ3) is 4.14. The Morgan fingerprint density at radius 1 is 1.11 bits per heavy atom. The van der Waals surface area contributed by atoms with Gasteiger partial charge in [0, 0.05) is 34.9 Å². The van der Waals surface area contributed by atoms with Crippen molar-refractivity contribution in [1.82, 2.24) is 4.57 Å². The lowest BCUT2D eigenvalue weighted by atomic mass is 10.2. The highest BCUT2D eigenvalue weighted by Gasteiger charge is 2.11. The van der Waals surface area contributed by atoms with Gasteiger partial charge in [-0.05, 0) is 63.2 Å². The summed E-state index contributed by atoms with van der Waals surface area (Å²) in [5.41, 5.74) is 5.57. The third-order valence-electron chi connectivity index (χ3n) is 4.50. The van der Waals surface area contributed by atoms with Gasteiger partial charge in [0.1, 0.15) is 5.75 Å². The molecule has 5 heteroatoms. The first-order valence-electron chi connectivity index (χ1n) is 9.18. The van der Waals surface area contributed by atoms with Crippen molar-refractivity contribution in [3.05, 3.63) is 77.1 Å². The van der Waals surface area contributed by atoms with Gasteiger partial charge in [0.25, 0.3) is 0 Å². The van der Waals surface area contributed by atoms with Gasteiger partial charge < -0.3 is 14.0 Å². The maximum absolute atomic E-state index is 11.6. The predicted octanol–water partition coefficient (Wildman–Crippen LogP) is 5.03. The first-order valence-corrected chi connectivity index (χ1v) is 9.18. The van der Waals surface area contributed by atoms with Crippen LogP contribution in [0.4, 0.5) is 5.69 Å². The number of methoxy groups -OCH3 is 1. The fourth-order valence-corrected chi connectivity index (χ4v) is 3.14. The van der Waals surface area contributed by atoms with Crippen molar-refractivity contribution >= 4 is 17.9 Å². The Balaban J connectivity index is 1.87. The predicted molar refractivity (Wildman–Crippen MR) is 111 cm³/mol. The fourth-order valence-electron chi connectivity index (χ4n) is 3.14. The van der Waals surface area contributed by atoms with Crippen LogP contribution >= 0.6 is 0 Å². The minimum Gasteiger partial charge on any atom is -0.494 e. The van der Waals surface area contributed by atoms with Gasteiger partial charge >= 0.3 is 5.97 Å². The van der Waals surface area contributed by atoms with Crippen LogP contribution in [-0.4, -0.2) is 30.5 Å².